The first-order valence-electron chi connectivity index (χ1n) is 6.59. The summed E-state index contributed by atoms with van der Waals surface area (Å²) < 4.78 is 30.4. The third-order valence-electron chi connectivity index (χ3n) is 4.04. The van der Waals surface area contributed by atoms with E-state index in [-0.39, 0.29) is 18.7 Å². The molecule has 0 aromatic heterocycles. The number of methoxy groups -OCH3 is 1. The monoisotopic (exact) mass is 305 g/mol. The lowest BCUT2D eigenvalue weighted by Crippen LogP contribution is -2.43. The Bertz CT molecular complexity index is 510. The summed E-state index contributed by atoms with van der Waals surface area (Å²) in [4.78, 5) is 22.4. The minimum absolute atomic E-state index is 0.0777. The number of hydrogen-bond donors (Lipinski definition) is 1. The van der Waals surface area contributed by atoms with Gasteiger partial charge < -0.3 is 9.84 Å². The molecule has 0 aromatic carbocycles. The van der Waals surface area contributed by atoms with E-state index in [9.17, 15) is 18.0 Å². The van der Waals surface area contributed by atoms with E-state index < -0.39 is 33.4 Å². The first-order chi connectivity index (χ1) is 9.30. The Balaban J connectivity index is 2.08. The number of hydrogen-bond acceptors (Lipinski definition) is 5. The largest absolute Gasteiger partial charge is 0.480 e. The third-order valence-corrected chi connectivity index (χ3v) is 6.17. The van der Waals surface area contributed by atoms with Crippen LogP contribution in [0, 0.1) is 5.41 Å². The topological polar surface area (TPSA) is 101 Å². The maximum absolute atomic E-state index is 12.4. The minimum Gasteiger partial charge on any atom is -0.480 e. The van der Waals surface area contributed by atoms with Crippen LogP contribution in [0.5, 0.6) is 0 Å². The van der Waals surface area contributed by atoms with Crippen LogP contribution in [-0.2, 0) is 24.3 Å². The number of nitrogens with zero attached hydrogens (tertiary/aromatic N) is 1. The molecular formula is C12H19NO6S. The first kappa shape index (κ1) is 15.2. The van der Waals surface area contributed by atoms with Gasteiger partial charge in [-0.2, -0.15) is 4.31 Å². The molecule has 1 aliphatic carbocycles. The molecule has 1 aliphatic heterocycles. The molecule has 0 bridgehead atoms. The highest BCUT2D eigenvalue weighted by molar-refractivity contribution is 7.89. The highest BCUT2D eigenvalue weighted by Crippen LogP contribution is 2.50. The van der Waals surface area contributed by atoms with Crippen LogP contribution in [0.15, 0.2) is 0 Å². The average molecular weight is 305 g/mol. The molecule has 1 N–H and O–H groups in total. The maximum Gasteiger partial charge on any atom is 0.322 e. The number of carboxylic acid groups (broad SMARTS) is 1. The van der Waals surface area contributed by atoms with Crippen molar-refractivity contribution in [3.05, 3.63) is 0 Å². The Labute approximate surface area is 117 Å². The van der Waals surface area contributed by atoms with Gasteiger partial charge in [0.2, 0.25) is 10.0 Å². The second kappa shape index (κ2) is 5.33. The van der Waals surface area contributed by atoms with E-state index in [2.05, 4.69) is 4.74 Å². The Morgan fingerprint density at radius 2 is 2.05 bits per heavy atom. The number of carbonyl (C=O) groups is 2. The smallest absolute Gasteiger partial charge is 0.322 e. The fraction of sp³-hybridized carbons (Fsp3) is 0.833. The first-order valence-corrected chi connectivity index (χ1v) is 8.20. The van der Waals surface area contributed by atoms with Crippen molar-refractivity contribution in [1.29, 1.82) is 0 Å². The molecule has 1 saturated carbocycles. The summed E-state index contributed by atoms with van der Waals surface area (Å²) in [7, 11) is -2.39. The number of rotatable bonds is 6. The van der Waals surface area contributed by atoms with Gasteiger partial charge in [0, 0.05) is 6.54 Å². The Hall–Kier alpha value is -1.15. The Morgan fingerprint density at radius 3 is 2.55 bits per heavy atom. The second-order valence-corrected chi connectivity index (χ2v) is 7.54. The van der Waals surface area contributed by atoms with Gasteiger partial charge in [-0.05, 0) is 31.1 Å². The average Bonchev–Trinajstić information content (AvgIpc) is 2.93. The van der Waals surface area contributed by atoms with Crippen LogP contribution in [0.4, 0.5) is 0 Å². The summed E-state index contributed by atoms with van der Waals surface area (Å²) >= 11 is 0. The lowest BCUT2D eigenvalue weighted by Gasteiger charge is -2.23. The van der Waals surface area contributed by atoms with Crippen molar-refractivity contribution in [2.75, 3.05) is 19.4 Å². The van der Waals surface area contributed by atoms with Crippen LogP contribution in [-0.4, -0.2) is 55.2 Å². The summed E-state index contributed by atoms with van der Waals surface area (Å²) in [6.07, 6.45) is 2.30. The van der Waals surface area contributed by atoms with Gasteiger partial charge in [-0.15, -0.1) is 0 Å². The molecule has 2 rings (SSSR count). The molecule has 2 aliphatic rings. The molecule has 7 nitrogen and oxygen atoms in total. The summed E-state index contributed by atoms with van der Waals surface area (Å²) in [6.45, 7) is 0.244. The summed E-state index contributed by atoms with van der Waals surface area (Å²) in [6, 6.07) is -0.964. The number of carboxylic acids is 1. The number of aliphatic carboxylic acids is 1. The molecule has 1 heterocycles. The molecule has 1 unspecified atom stereocenters. The molecular weight excluding hydrogens is 286 g/mol. The number of ether oxygens (including phenoxy) is 1. The van der Waals surface area contributed by atoms with Crippen molar-refractivity contribution < 1.29 is 27.9 Å². The number of carbonyl (C=O) groups excluding carboxylic acids is 1. The van der Waals surface area contributed by atoms with Crippen molar-refractivity contribution in [2.45, 2.75) is 38.1 Å². The summed E-state index contributed by atoms with van der Waals surface area (Å²) in [5, 5.41) is 9.06. The van der Waals surface area contributed by atoms with E-state index in [0.29, 0.717) is 25.7 Å². The van der Waals surface area contributed by atoms with Gasteiger partial charge in [-0.1, -0.05) is 0 Å². The third kappa shape index (κ3) is 3.12. The lowest BCUT2D eigenvalue weighted by atomic mass is 10.1. The van der Waals surface area contributed by atoms with Crippen LogP contribution in [0.2, 0.25) is 0 Å². The van der Waals surface area contributed by atoms with Crippen LogP contribution in [0.1, 0.15) is 32.1 Å². The van der Waals surface area contributed by atoms with E-state index in [1.807, 2.05) is 0 Å². The van der Waals surface area contributed by atoms with Gasteiger partial charge >= 0.3 is 11.9 Å². The van der Waals surface area contributed by atoms with E-state index >= 15 is 0 Å². The van der Waals surface area contributed by atoms with Gasteiger partial charge in [-0.3, -0.25) is 9.59 Å². The number of esters is 1. The van der Waals surface area contributed by atoms with Crippen molar-refractivity contribution in [3.63, 3.8) is 0 Å². The van der Waals surface area contributed by atoms with Crippen molar-refractivity contribution >= 4 is 22.0 Å². The van der Waals surface area contributed by atoms with E-state index in [1.165, 1.54) is 7.11 Å². The van der Waals surface area contributed by atoms with Gasteiger partial charge in [0.1, 0.15) is 6.04 Å². The zero-order valence-electron chi connectivity index (χ0n) is 11.4. The van der Waals surface area contributed by atoms with E-state index in [0.717, 1.165) is 4.31 Å². The second-order valence-electron chi connectivity index (χ2n) is 5.62. The lowest BCUT2D eigenvalue weighted by molar-refractivity contribution is -0.142. The standard InChI is InChI=1S/C12H19NO6S/c1-19-10(14)7-12(4-5-12)8-20(17,18)13-6-2-3-9(13)11(15)16/h9H,2-8H2,1H3,(H,15,16). The molecule has 0 radical (unpaired) electrons. The van der Waals surface area contributed by atoms with Crippen LogP contribution < -0.4 is 0 Å². The molecule has 8 heteroatoms. The van der Waals surface area contributed by atoms with Gasteiger partial charge in [0.05, 0.1) is 19.3 Å². The molecule has 2 fully saturated rings. The predicted octanol–water partition coefficient (Wildman–Crippen LogP) is 0.208. The van der Waals surface area contributed by atoms with Gasteiger partial charge in [0.15, 0.2) is 0 Å². The van der Waals surface area contributed by atoms with Gasteiger partial charge in [0.25, 0.3) is 0 Å². The quantitative estimate of drug-likeness (QED) is 0.704. The van der Waals surface area contributed by atoms with Crippen molar-refractivity contribution in [3.8, 4) is 0 Å². The van der Waals surface area contributed by atoms with Crippen molar-refractivity contribution in [2.24, 2.45) is 5.41 Å². The number of sulfonamides is 1. The Morgan fingerprint density at radius 1 is 1.40 bits per heavy atom. The fourth-order valence-electron chi connectivity index (χ4n) is 2.72. The predicted molar refractivity (Wildman–Crippen MR) is 69.5 cm³/mol. The van der Waals surface area contributed by atoms with Crippen LogP contribution >= 0.6 is 0 Å². The zero-order valence-corrected chi connectivity index (χ0v) is 12.2. The normalized spacial score (nSPS) is 25.4. The molecule has 0 amide bonds. The highest BCUT2D eigenvalue weighted by atomic mass is 32.2. The molecule has 1 atom stereocenters. The van der Waals surface area contributed by atoms with Crippen LogP contribution in [0.3, 0.4) is 0 Å². The molecule has 0 spiro atoms. The highest BCUT2D eigenvalue weighted by Gasteiger charge is 2.51. The van der Waals surface area contributed by atoms with E-state index in [1.54, 1.807) is 0 Å². The van der Waals surface area contributed by atoms with E-state index in [4.69, 9.17) is 5.11 Å². The summed E-state index contributed by atoms with van der Waals surface area (Å²) in [5.74, 6) is -1.70. The Kier molecular flexibility index (Phi) is 4.06. The molecule has 0 aromatic rings. The van der Waals surface area contributed by atoms with Crippen LogP contribution in [0.25, 0.3) is 0 Å². The summed E-state index contributed by atoms with van der Waals surface area (Å²) in [5.41, 5.74) is -0.558. The minimum atomic E-state index is -3.66. The van der Waals surface area contributed by atoms with Crippen molar-refractivity contribution in [1.82, 2.24) is 4.31 Å². The fourth-order valence-corrected chi connectivity index (χ4v) is 5.04. The molecule has 1 saturated heterocycles. The molecule has 114 valence electrons. The maximum atomic E-state index is 12.4. The van der Waals surface area contributed by atoms with Gasteiger partial charge in [-0.25, -0.2) is 8.42 Å². The molecule has 20 heavy (non-hydrogen) atoms. The SMILES string of the molecule is COC(=O)CC1(CS(=O)(=O)N2CCCC2C(=O)O)CC1. The zero-order chi connectivity index (χ0) is 15.0.